The van der Waals surface area contributed by atoms with Crippen molar-refractivity contribution in [3.63, 3.8) is 0 Å². The molecule has 2 aromatic rings. The van der Waals surface area contributed by atoms with Gasteiger partial charge in [-0.25, -0.2) is 4.98 Å². The van der Waals surface area contributed by atoms with Crippen molar-refractivity contribution in [3.8, 4) is 0 Å². The van der Waals surface area contributed by atoms with Gasteiger partial charge >= 0.3 is 0 Å². The van der Waals surface area contributed by atoms with Gasteiger partial charge in [0.1, 0.15) is 11.5 Å². The summed E-state index contributed by atoms with van der Waals surface area (Å²) in [5.74, 6) is 1.43. The molecule has 1 aliphatic heterocycles. The minimum atomic E-state index is -0.0305. The normalized spacial score (nSPS) is 16.2. The van der Waals surface area contributed by atoms with Crippen molar-refractivity contribution in [3.05, 3.63) is 34.7 Å². The molecule has 1 aliphatic rings. The standard InChI is InChI=1S/C15H19N3O2S/c1-10-9-13(11(2)20-10)14(19)17-12-3-6-18(7-4-12)15-16-5-8-21-15/h5,8-9,12H,3-4,6-7H2,1-2H3,(H,17,19). The predicted molar refractivity (Wildman–Crippen MR) is 83.0 cm³/mol. The maximum atomic E-state index is 12.3. The highest BCUT2D eigenvalue weighted by Crippen LogP contribution is 2.22. The Balaban J connectivity index is 1.56. The fourth-order valence-electron chi connectivity index (χ4n) is 2.71. The van der Waals surface area contributed by atoms with E-state index < -0.39 is 0 Å². The second-order valence-corrected chi connectivity index (χ2v) is 6.25. The molecule has 0 unspecified atom stereocenters. The number of aromatic nitrogens is 1. The summed E-state index contributed by atoms with van der Waals surface area (Å²) >= 11 is 1.66. The van der Waals surface area contributed by atoms with Crippen LogP contribution in [0.5, 0.6) is 0 Å². The summed E-state index contributed by atoms with van der Waals surface area (Å²) in [5.41, 5.74) is 0.648. The zero-order valence-electron chi connectivity index (χ0n) is 12.3. The van der Waals surface area contributed by atoms with E-state index in [1.54, 1.807) is 17.4 Å². The second kappa shape index (κ2) is 5.89. The highest BCUT2D eigenvalue weighted by Gasteiger charge is 2.23. The smallest absolute Gasteiger partial charge is 0.255 e. The first-order valence-electron chi connectivity index (χ1n) is 7.16. The number of nitrogens with zero attached hydrogens (tertiary/aromatic N) is 2. The Kier molecular flexibility index (Phi) is 3.96. The Hall–Kier alpha value is -1.82. The summed E-state index contributed by atoms with van der Waals surface area (Å²) in [6.45, 7) is 5.55. The first kappa shape index (κ1) is 14.1. The number of rotatable bonds is 3. The summed E-state index contributed by atoms with van der Waals surface area (Å²) in [4.78, 5) is 18.9. The van der Waals surface area contributed by atoms with Crippen LogP contribution in [0.3, 0.4) is 0 Å². The average molecular weight is 305 g/mol. The molecule has 1 N–H and O–H groups in total. The minimum absolute atomic E-state index is 0.0305. The highest BCUT2D eigenvalue weighted by molar-refractivity contribution is 7.13. The minimum Gasteiger partial charge on any atom is -0.466 e. The Labute approximate surface area is 128 Å². The van der Waals surface area contributed by atoms with Gasteiger partial charge in [-0.2, -0.15) is 0 Å². The maximum absolute atomic E-state index is 12.3. The zero-order chi connectivity index (χ0) is 14.8. The Bertz CT molecular complexity index is 613. The van der Waals surface area contributed by atoms with Crippen LogP contribution in [-0.2, 0) is 0 Å². The van der Waals surface area contributed by atoms with E-state index in [9.17, 15) is 4.79 Å². The van der Waals surface area contributed by atoms with Crippen LogP contribution in [-0.4, -0.2) is 30.0 Å². The van der Waals surface area contributed by atoms with Gasteiger partial charge in [0.05, 0.1) is 5.56 Å². The van der Waals surface area contributed by atoms with Crippen LogP contribution in [0.25, 0.3) is 0 Å². The molecule has 0 aromatic carbocycles. The number of carbonyl (C=O) groups is 1. The molecular weight excluding hydrogens is 286 g/mol. The van der Waals surface area contributed by atoms with E-state index in [4.69, 9.17) is 4.42 Å². The number of carbonyl (C=O) groups excluding carboxylic acids is 1. The number of aryl methyl sites for hydroxylation is 2. The van der Waals surface area contributed by atoms with E-state index in [1.165, 1.54) is 0 Å². The van der Waals surface area contributed by atoms with Crippen molar-refractivity contribution in [2.75, 3.05) is 18.0 Å². The number of hydrogen-bond donors (Lipinski definition) is 1. The number of piperidine rings is 1. The first-order valence-corrected chi connectivity index (χ1v) is 8.04. The Morgan fingerprint density at radius 3 is 2.76 bits per heavy atom. The average Bonchev–Trinajstić information content (AvgIpc) is 3.09. The van der Waals surface area contributed by atoms with Crippen LogP contribution in [0, 0.1) is 13.8 Å². The van der Waals surface area contributed by atoms with Gasteiger partial charge in [-0.05, 0) is 32.8 Å². The molecule has 0 spiro atoms. The summed E-state index contributed by atoms with van der Waals surface area (Å²) in [7, 11) is 0. The monoisotopic (exact) mass is 305 g/mol. The largest absolute Gasteiger partial charge is 0.466 e. The molecule has 5 nitrogen and oxygen atoms in total. The quantitative estimate of drug-likeness (QED) is 0.947. The molecule has 0 aliphatic carbocycles. The topological polar surface area (TPSA) is 58.4 Å². The van der Waals surface area contributed by atoms with Crippen LogP contribution in [0.1, 0.15) is 34.7 Å². The number of anilines is 1. The fourth-order valence-corrected chi connectivity index (χ4v) is 3.40. The number of furan rings is 1. The molecule has 0 radical (unpaired) electrons. The van der Waals surface area contributed by atoms with Crippen LogP contribution in [0.2, 0.25) is 0 Å². The van der Waals surface area contributed by atoms with Crippen LogP contribution < -0.4 is 10.2 Å². The van der Waals surface area contributed by atoms with Gasteiger partial charge in [0.15, 0.2) is 5.13 Å². The van der Waals surface area contributed by atoms with E-state index in [0.29, 0.717) is 11.3 Å². The van der Waals surface area contributed by atoms with Crippen LogP contribution in [0.4, 0.5) is 5.13 Å². The number of amides is 1. The molecule has 2 aromatic heterocycles. The predicted octanol–water partition coefficient (Wildman–Crippen LogP) is 2.75. The lowest BCUT2D eigenvalue weighted by Crippen LogP contribution is -2.44. The molecule has 0 atom stereocenters. The molecule has 3 rings (SSSR count). The Morgan fingerprint density at radius 1 is 1.43 bits per heavy atom. The summed E-state index contributed by atoms with van der Waals surface area (Å²) < 4.78 is 5.41. The second-order valence-electron chi connectivity index (χ2n) is 5.38. The third kappa shape index (κ3) is 3.10. The molecule has 1 saturated heterocycles. The molecule has 112 valence electrons. The number of thiazole rings is 1. The van der Waals surface area contributed by atoms with Crippen molar-refractivity contribution in [1.29, 1.82) is 0 Å². The van der Waals surface area contributed by atoms with Gasteiger partial charge < -0.3 is 14.6 Å². The van der Waals surface area contributed by atoms with E-state index in [-0.39, 0.29) is 11.9 Å². The van der Waals surface area contributed by atoms with Crippen LogP contribution in [0.15, 0.2) is 22.1 Å². The van der Waals surface area contributed by atoms with E-state index in [1.807, 2.05) is 25.4 Å². The van der Waals surface area contributed by atoms with E-state index >= 15 is 0 Å². The Morgan fingerprint density at radius 2 is 2.19 bits per heavy atom. The SMILES string of the molecule is Cc1cc(C(=O)NC2CCN(c3nccs3)CC2)c(C)o1. The van der Waals surface area contributed by atoms with Crippen molar-refractivity contribution in [2.24, 2.45) is 0 Å². The maximum Gasteiger partial charge on any atom is 0.255 e. The number of nitrogens with one attached hydrogen (secondary N) is 1. The molecule has 0 saturated carbocycles. The van der Waals surface area contributed by atoms with Gasteiger partial charge in [-0.15, -0.1) is 11.3 Å². The van der Waals surface area contributed by atoms with E-state index in [0.717, 1.165) is 36.8 Å². The van der Waals surface area contributed by atoms with Crippen LogP contribution >= 0.6 is 11.3 Å². The molecule has 1 amide bonds. The van der Waals surface area contributed by atoms with Gasteiger partial charge in [0.2, 0.25) is 0 Å². The van der Waals surface area contributed by atoms with Gasteiger partial charge in [-0.1, -0.05) is 0 Å². The van der Waals surface area contributed by atoms with Crippen molar-refractivity contribution < 1.29 is 9.21 Å². The van der Waals surface area contributed by atoms with Gasteiger partial charge in [0.25, 0.3) is 5.91 Å². The molecule has 21 heavy (non-hydrogen) atoms. The van der Waals surface area contributed by atoms with Crippen molar-refractivity contribution in [2.45, 2.75) is 32.7 Å². The molecule has 6 heteroatoms. The summed E-state index contributed by atoms with van der Waals surface area (Å²) in [5, 5.41) is 6.18. The lowest BCUT2D eigenvalue weighted by Gasteiger charge is -2.32. The third-order valence-corrected chi connectivity index (χ3v) is 4.64. The number of hydrogen-bond acceptors (Lipinski definition) is 5. The molecule has 3 heterocycles. The molecule has 0 bridgehead atoms. The zero-order valence-corrected chi connectivity index (χ0v) is 13.1. The fraction of sp³-hybridized carbons (Fsp3) is 0.467. The first-order chi connectivity index (χ1) is 10.1. The molecule has 1 fully saturated rings. The third-order valence-electron chi connectivity index (χ3n) is 3.81. The lowest BCUT2D eigenvalue weighted by atomic mass is 10.0. The highest BCUT2D eigenvalue weighted by atomic mass is 32.1. The van der Waals surface area contributed by atoms with Crippen molar-refractivity contribution in [1.82, 2.24) is 10.3 Å². The molecular formula is C15H19N3O2S. The summed E-state index contributed by atoms with van der Waals surface area (Å²) in [6.07, 6.45) is 3.72. The summed E-state index contributed by atoms with van der Waals surface area (Å²) in [6, 6.07) is 2.03. The lowest BCUT2D eigenvalue weighted by molar-refractivity contribution is 0.0929. The van der Waals surface area contributed by atoms with Gasteiger partial charge in [-0.3, -0.25) is 4.79 Å². The van der Waals surface area contributed by atoms with E-state index in [2.05, 4.69) is 15.2 Å². The van der Waals surface area contributed by atoms with Crippen molar-refractivity contribution >= 4 is 22.4 Å². The van der Waals surface area contributed by atoms with Gasteiger partial charge in [0, 0.05) is 30.7 Å².